The Morgan fingerprint density at radius 3 is 2.80 bits per heavy atom. The van der Waals surface area contributed by atoms with Crippen molar-refractivity contribution in [1.82, 2.24) is 9.55 Å². The van der Waals surface area contributed by atoms with Crippen LogP contribution in [0.2, 0.25) is 5.02 Å². The number of imidazole rings is 1. The van der Waals surface area contributed by atoms with Crippen LogP contribution in [0.5, 0.6) is 5.75 Å². The van der Waals surface area contributed by atoms with Crippen molar-refractivity contribution in [3.05, 3.63) is 69.3 Å². The summed E-state index contributed by atoms with van der Waals surface area (Å²) in [7, 11) is 0. The van der Waals surface area contributed by atoms with E-state index in [4.69, 9.17) is 26.9 Å². The molecule has 0 amide bonds. The van der Waals surface area contributed by atoms with Crippen molar-refractivity contribution in [1.29, 1.82) is 0 Å². The van der Waals surface area contributed by atoms with Gasteiger partial charge in [-0.2, -0.15) is 0 Å². The molecule has 2 aromatic carbocycles. The minimum atomic E-state index is 0.358. The number of ether oxygens (including phenoxy) is 1. The number of hydrogen-bond acceptors (Lipinski definition) is 3. The molecule has 3 aromatic rings. The number of azide groups is 1. The number of benzene rings is 2. The summed E-state index contributed by atoms with van der Waals surface area (Å²) in [6, 6.07) is 13.4. The van der Waals surface area contributed by atoms with Gasteiger partial charge in [0.05, 0.1) is 11.0 Å². The second kappa shape index (κ2) is 7.92. The molecule has 3 rings (SSSR count). The molecule has 128 valence electrons. The van der Waals surface area contributed by atoms with E-state index in [2.05, 4.69) is 20.7 Å². The molecular weight excluding hydrogens is 338 g/mol. The van der Waals surface area contributed by atoms with Gasteiger partial charge in [0.25, 0.3) is 0 Å². The highest BCUT2D eigenvalue weighted by Gasteiger charge is 2.12. The number of nitrogens with zero attached hydrogens (tertiary/aromatic N) is 5. The first kappa shape index (κ1) is 17.1. The first-order valence-electron chi connectivity index (χ1n) is 8.03. The van der Waals surface area contributed by atoms with Crippen molar-refractivity contribution in [3.63, 3.8) is 0 Å². The van der Waals surface area contributed by atoms with Gasteiger partial charge in [-0.15, -0.1) is 0 Å². The average molecular weight is 356 g/mol. The van der Waals surface area contributed by atoms with Crippen LogP contribution in [0.25, 0.3) is 21.5 Å². The lowest BCUT2D eigenvalue weighted by atomic mass is 10.2. The predicted molar refractivity (Wildman–Crippen MR) is 98.9 cm³/mol. The Hall–Kier alpha value is -2.69. The Kier molecular flexibility index (Phi) is 5.43. The van der Waals surface area contributed by atoms with Crippen LogP contribution in [-0.4, -0.2) is 16.1 Å². The molecule has 25 heavy (non-hydrogen) atoms. The van der Waals surface area contributed by atoms with Crippen LogP contribution >= 0.6 is 11.6 Å². The lowest BCUT2D eigenvalue weighted by Crippen LogP contribution is -2.08. The molecule has 6 nitrogen and oxygen atoms in total. The monoisotopic (exact) mass is 355 g/mol. The van der Waals surface area contributed by atoms with Crippen LogP contribution < -0.4 is 4.74 Å². The van der Waals surface area contributed by atoms with Crippen molar-refractivity contribution in [3.8, 4) is 5.75 Å². The van der Waals surface area contributed by atoms with Crippen molar-refractivity contribution in [2.24, 2.45) is 5.11 Å². The third-order valence-corrected chi connectivity index (χ3v) is 4.20. The fourth-order valence-corrected chi connectivity index (χ4v) is 2.84. The Morgan fingerprint density at radius 1 is 1.24 bits per heavy atom. The van der Waals surface area contributed by atoms with Crippen LogP contribution in [0.4, 0.5) is 0 Å². The molecule has 0 aliphatic heterocycles. The molecule has 7 heteroatoms. The third kappa shape index (κ3) is 4.05. The highest BCUT2D eigenvalue weighted by atomic mass is 35.5. The zero-order valence-electron chi connectivity index (χ0n) is 13.9. The number of aromatic nitrogens is 2. The van der Waals surface area contributed by atoms with Crippen LogP contribution in [0.15, 0.2) is 47.6 Å². The first-order valence-corrected chi connectivity index (χ1v) is 8.41. The van der Waals surface area contributed by atoms with Gasteiger partial charge >= 0.3 is 0 Å². The lowest BCUT2D eigenvalue weighted by molar-refractivity contribution is 0.290. The first-order chi connectivity index (χ1) is 12.2. The fraction of sp³-hybridized carbons (Fsp3) is 0.278. The van der Waals surface area contributed by atoms with E-state index in [-0.39, 0.29) is 0 Å². The van der Waals surface area contributed by atoms with Gasteiger partial charge in [0.15, 0.2) is 0 Å². The molecule has 0 bridgehead atoms. The summed E-state index contributed by atoms with van der Waals surface area (Å²) in [5.41, 5.74) is 11.6. The van der Waals surface area contributed by atoms with Crippen LogP contribution in [0, 0.1) is 6.92 Å². The lowest BCUT2D eigenvalue weighted by Gasteiger charge is -2.10. The average Bonchev–Trinajstić information content (AvgIpc) is 2.97. The molecule has 0 saturated carbocycles. The van der Waals surface area contributed by atoms with E-state index in [1.807, 2.05) is 31.2 Å². The highest BCUT2D eigenvalue weighted by Crippen LogP contribution is 2.22. The third-order valence-electron chi connectivity index (χ3n) is 3.94. The maximum absolute atomic E-state index is 8.43. The highest BCUT2D eigenvalue weighted by molar-refractivity contribution is 6.30. The molecular formula is C18H18ClN5O. The van der Waals surface area contributed by atoms with Gasteiger partial charge in [-0.3, -0.25) is 0 Å². The Balaban J connectivity index is 1.85. The molecule has 0 aliphatic carbocycles. The maximum Gasteiger partial charge on any atom is 0.148 e. The molecule has 0 atom stereocenters. The van der Waals surface area contributed by atoms with Gasteiger partial charge in [0, 0.05) is 23.0 Å². The molecule has 0 N–H and O–H groups in total. The molecule has 0 radical (unpaired) electrons. The van der Waals surface area contributed by atoms with Crippen LogP contribution in [0.3, 0.4) is 0 Å². The summed E-state index contributed by atoms with van der Waals surface area (Å²) < 4.78 is 7.99. The number of para-hydroxylation sites is 1. The fourth-order valence-electron chi connectivity index (χ4n) is 2.72. The van der Waals surface area contributed by atoms with E-state index in [0.717, 1.165) is 41.1 Å². The molecule has 1 heterocycles. The summed E-state index contributed by atoms with van der Waals surface area (Å²) in [4.78, 5) is 7.55. The van der Waals surface area contributed by atoms with Crippen molar-refractivity contribution in [2.45, 2.75) is 26.5 Å². The summed E-state index contributed by atoms with van der Waals surface area (Å²) in [6.07, 6.45) is 0.747. The maximum atomic E-state index is 8.43. The van der Waals surface area contributed by atoms with E-state index >= 15 is 0 Å². The minimum Gasteiger partial charge on any atom is -0.486 e. The summed E-state index contributed by atoms with van der Waals surface area (Å²) >= 11 is 5.90. The number of halogens is 1. The molecule has 0 saturated heterocycles. The Labute approximate surface area is 150 Å². The molecule has 0 unspecified atom stereocenters. The largest absolute Gasteiger partial charge is 0.486 e. The zero-order chi connectivity index (χ0) is 17.6. The van der Waals surface area contributed by atoms with Gasteiger partial charge in [0.1, 0.15) is 18.2 Å². The smallest absolute Gasteiger partial charge is 0.148 e. The number of fused-ring (bicyclic) bond motifs is 1. The van der Waals surface area contributed by atoms with E-state index < -0.39 is 0 Å². The topological polar surface area (TPSA) is 75.8 Å². The second-order valence-corrected chi connectivity index (χ2v) is 6.11. The van der Waals surface area contributed by atoms with Crippen molar-refractivity contribution in [2.75, 3.05) is 6.54 Å². The number of hydrogen-bond donors (Lipinski definition) is 0. The SMILES string of the molecule is Cc1cccc2c1nc(COc1ccc(Cl)cc1)n2CCCN=[N+]=[N-]. The van der Waals surface area contributed by atoms with Gasteiger partial charge in [-0.1, -0.05) is 28.8 Å². The van der Waals surface area contributed by atoms with E-state index in [1.165, 1.54) is 0 Å². The van der Waals surface area contributed by atoms with Gasteiger partial charge in [-0.25, -0.2) is 4.98 Å². The zero-order valence-corrected chi connectivity index (χ0v) is 14.6. The Bertz CT molecular complexity index is 913. The van der Waals surface area contributed by atoms with Crippen LogP contribution in [-0.2, 0) is 13.2 Å². The van der Waals surface area contributed by atoms with Gasteiger partial charge in [-0.05, 0) is 54.8 Å². The predicted octanol–water partition coefficient (Wildman–Crippen LogP) is 5.28. The molecule has 0 spiro atoms. The standard InChI is InChI=1S/C18H18ClN5O/c1-13-4-2-5-16-18(13)22-17(24(16)11-3-10-21-23-20)12-25-15-8-6-14(19)7-9-15/h2,4-9H,3,10-12H2,1H3. The van der Waals surface area contributed by atoms with E-state index in [1.54, 1.807) is 12.1 Å². The Morgan fingerprint density at radius 2 is 2.04 bits per heavy atom. The minimum absolute atomic E-state index is 0.358. The quantitative estimate of drug-likeness (QED) is 0.250. The number of rotatable bonds is 7. The number of aryl methyl sites for hydroxylation is 2. The van der Waals surface area contributed by atoms with E-state index in [0.29, 0.717) is 18.2 Å². The summed E-state index contributed by atoms with van der Waals surface area (Å²) in [6.45, 7) is 3.58. The van der Waals surface area contributed by atoms with Crippen molar-refractivity contribution < 1.29 is 4.74 Å². The normalized spacial score (nSPS) is 10.6. The van der Waals surface area contributed by atoms with Crippen molar-refractivity contribution >= 4 is 22.6 Å². The van der Waals surface area contributed by atoms with Gasteiger partial charge < -0.3 is 9.30 Å². The van der Waals surface area contributed by atoms with E-state index in [9.17, 15) is 0 Å². The molecule has 0 fully saturated rings. The van der Waals surface area contributed by atoms with Crippen LogP contribution in [0.1, 0.15) is 17.8 Å². The molecule has 1 aromatic heterocycles. The van der Waals surface area contributed by atoms with Gasteiger partial charge in [0.2, 0.25) is 0 Å². The second-order valence-electron chi connectivity index (χ2n) is 5.67. The molecule has 0 aliphatic rings. The summed E-state index contributed by atoms with van der Waals surface area (Å²) in [5, 5.41) is 4.28. The summed E-state index contributed by atoms with van der Waals surface area (Å²) in [5.74, 6) is 1.59.